The van der Waals surface area contributed by atoms with Crippen LogP contribution in [0.25, 0.3) is 0 Å². The molecule has 0 aliphatic carbocycles. The molecule has 30 heavy (non-hydrogen) atoms. The highest BCUT2D eigenvalue weighted by Gasteiger charge is 2.19. The Labute approximate surface area is 175 Å². The molecule has 0 saturated carbocycles. The van der Waals surface area contributed by atoms with Crippen LogP contribution in [0.2, 0.25) is 0 Å². The zero-order valence-corrected chi connectivity index (χ0v) is 16.6. The molecule has 2 amide bonds. The van der Waals surface area contributed by atoms with Gasteiger partial charge in [0.05, 0.1) is 18.7 Å². The molecule has 0 bridgehead atoms. The number of hydrogen-bond donors (Lipinski definition) is 2. The van der Waals surface area contributed by atoms with Gasteiger partial charge in [0.15, 0.2) is 12.4 Å². The third-order valence-corrected chi connectivity index (χ3v) is 5.00. The summed E-state index contributed by atoms with van der Waals surface area (Å²) in [5.41, 5.74) is 0.708. The van der Waals surface area contributed by atoms with Crippen LogP contribution in [0.15, 0.2) is 64.6 Å². The molecule has 2 heterocycles. The number of esters is 1. The van der Waals surface area contributed by atoms with Gasteiger partial charge in [-0.3, -0.25) is 14.4 Å². The fourth-order valence-corrected chi connectivity index (χ4v) is 3.43. The summed E-state index contributed by atoms with van der Waals surface area (Å²) in [6, 6.07) is 12.1. The van der Waals surface area contributed by atoms with Gasteiger partial charge in [0.2, 0.25) is 0 Å². The van der Waals surface area contributed by atoms with Gasteiger partial charge in [0.1, 0.15) is 5.82 Å². The van der Waals surface area contributed by atoms with E-state index in [0.717, 1.165) is 4.88 Å². The molecule has 2 N–H and O–H groups in total. The van der Waals surface area contributed by atoms with Crippen molar-refractivity contribution in [3.63, 3.8) is 0 Å². The lowest BCUT2D eigenvalue weighted by Crippen LogP contribution is -2.33. The van der Waals surface area contributed by atoms with E-state index >= 15 is 0 Å². The van der Waals surface area contributed by atoms with Gasteiger partial charge in [0.25, 0.3) is 11.8 Å². The third-order valence-electron chi connectivity index (χ3n) is 4.06. The molecule has 0 radical (unpaired) electrons. The topological polar surface area (TPSA) is 97.6 Å². The highest BCUT2D eigenvalue weighted by molar-refractivity contribution is 7.10. The molecule has 156 valence electrons. The highest BCUT2D eigenvalue weighted by atomic mass is 32.1. The number of furan rings is 1. The highest BCUT2D eigenvalue weighted by Crippen LogP contribution is 2.26. The molecule has 0 aliphatic rings. The minimum absolute atomic E-state index is 0.0490. The number of amides is 2. The fourth-order valence-electron chi connectivity index (χ4n) is 2.62. The number of ether oxygens (including phenoxy) is 1. The van der Waals surface area contributed by atoms with Gasteiger partial charge in [-0.2, -0.15) is 0 Å². The van der Waals surface area contributed by atoms with E-state index in [1.807, 2.05) is 17.5 Å². The summed E-state index contributed by atoms with van der Waals surface area (Å²) in [4.78, 5) is 36.7. The van der Waals surface area contributed by atoms with Crippen LogP contribution in [0, 0.1) is 5.82 Å². The maximum absolute atomic E-state index is 13.2. The predicted molar refractivity (Wildman–Crippen MR) is 107 cm³/mol. The number of carbonyl (C=O) groups is 3. The van der Waals surface area contributed by atoms with Crippen molar-refractivity contribution in [3.05, 3.63) is 82.2 Å². The van der Waals surface area contributed by atoms with E-state index in [2.05, 4.69) is 10.6 Å². The maximum Gasteiger partial charge on any atom is 0.308 e. The van der Waals surface area contributed by atoms with E-state index in [4.69, 9.17) is 9.15 Å². The number of benzene rings is 1. The van der Waals surface area contributed by atoms with Crippen molar-refractivity contribution in [2.45, 2.75) is 12.5 Å². The summed E-state index contributed by atoms with van der Waals surface area (Å²) < 4.78 is 23.1. The van der Waals surface area contributed by atoms with Crippen LogP contribution >= 0.6 is 11.3 Å². The predicted octanol–water partition coefficient (Wildman–Crippen LogP) is 3.05. The molecule has 0 spiro atoms. The first-order chi connectivity index (χ1) is 14.5. The van der Waals surface area contributed by atoms with Crippen LogP contribution in [0.5, 0.6) is 0 Å². The summed E-state index contributed by atoms with van der Waals surface area (Å²) >= 11 is 1.44. The van der Waals surface area contributed by atoms with Crippen molar-refractivity contribution in [1.82, 2.24) is 10.6 Å². The Morgan fingerprint density at radius 1 is 1.10 bits per heavy atom. The first-order valence-electron chi connectivity index (χ1n) is 9.08. The molecule has 1 atom stereocenters. The smallest absolute Gasteiger partial charge is 0.308 e. The average molecular weight is 430 g/mol. The minimum Gasteiger partial charge on any atom is -0.459 e. The van der Waals surface area contributed by atoms with E-state index in [9.17, 15) is 18.8 Å². The van der Waals surface area contributed by atoms with Gasteiger partial charge in [0, 0.05) is 11.4 Å². The van der Waals surface area contributed by atoms with Gasteiger partial charge < -0.3 is 19.8 Å². The molecule has 9 heteroatoms. The summed E-state index contributed by atoms with van der Waals surface area (Å²) in [5.74, 6) is -1.79. The van der Waals surface area contributed by atoms with Crippen molar-refractivity contribution in [1.29, 1.82) is 0 Å². The summed E-state index contributed by atoms with van der Waals surface area (Å²) in [5, 5.41) is 7.18. The molecular formula is C21H19FN2O5S. The Kier molecular flexibility index (Phi) is 7.34. The van der Waals surface area contributed by atoms with E-state index < -0.39 is 30.4 Å². The molecule has 1 unspecified atom stereocenters. The molecule has 0 fully saturated rings. The van der Waals surface area contributed by atoms with E-state index in [1.54, 1.807) is 18.2 Å². The van der Waals surface area contributed by atoms with Crippen LogP contribution in [-0.4, -0.2) is 30.9 Å². The normalized spacial score (nSPS) is 11.5. The SMILES string of the molecule is O=C(COC(=O)CCNC(=O)c1ccco1)NC(c1ccc(F)cc1)c1cccs1. The second kappa shape index (κ2) is 10.4. The third kappa shape index (κ3) is 6.02. The molecule has 3 rings (SSSR count). The Balaban J connectivity index is 1.46. The Hall–Kier alpha value is -3.46. The lowest BCUT2D eigenvalue weighted by molar-refractivity contribution is -0.148. The van der Waals surface area contributed by atoms with Crippen molar-refractivity contribution in [2.75, 3.05) is 13.2 Å². The monoisotopic (exact) mass is 430 g/mol. The zero-order valence-electron chi connectivity index (χ0n) is 15.8. The van der Waals surface area contributed by atoms with Crippen LogP contribution < -0.4 is 10.6 Å². The molecule has 2 aromatic heterocycles. The van der Waals surface area contributed by atoms with Gasteiger partial charge in [-0.05, 0) is 41.3 Å². The van der Waals surface area contributed by atoms with E-state index in [0.29, 0.717) is 5.56 Å². The molecule has 0 aliphatic heterocycles. The number of rotatable bonds is 9. The van der Waals surface area contributed by atoms with Gasteiger partial charge in [-0.1, -0.05) is 18.2 Å². The summed E-state index contributed by atoms with van der Waals surface area (Å²) in [6.45, 7) is -0.415. The van der Waals surface area contributed by atoms with Gasteiger partial charge in [-0.15, -0.1) is 11.3 Å². The number of hydrogen-bond acceptors (Lipinski definition) is 6. The number of nitrogens with one attached hydrogen (secondary N) is 2. The first-order valence-corrected chi connectivity index (χ1v) is 9.96. The lowest BCUT2D eigenvalue weighted by Gasteiger charge is -2.18. The maximum atomic E-state index is 13.2. The number of thiophene rings is 1. The molecule has 1 aromatic carbocycles. The van der Waals surface area contributed by atoms with Crippen LogP contribution in [0.1, 0.15) is 33.5 Å². The lowest BCUT2D eigenvalue weighted by atomic mass is 10.1. The Bertz CT molecular complexity index is 972. The molecule has 7 nitrogen and oxygen atoms in total. The van der Waals surface area contributed by atoms with Crippen molar-refractivity contribution < 1.29 is 27.9 Å². The molecular weight excluding hydrogens is 411 g/mol. The fraction of sp³-hybridized carbons (Fsp3) is 0.190. The van der Waals surface area contributed by atoms with Gasteiger partial charge in [-0.25, -0.2) is 4.39 Å². The van der Waals surface area contributed by atoms with Gasteiger partial charge >= 0.3 is 5.97 Å². The van der Waals surface area contributed by atoms with Crippen molar-refractivity contribution in [3.8, 4) is 0 Å². The largest absolute Gasteiger partial charge is 0.459 e. The molecule has 0 saturated heterocycles. The minimum atomic E-state index is -0.626. The quantitative estimate of drug-likeness (QED) is 0.509. The second-order valence-corrected chi connectivity index (χ2v) is 7.19. The standard InChI is InChI=1S/C21H19FN2O5S/c22-15-7-5-14(6-8-15)20(17-4-2-12-30-17)24-18(25)13-29-19(26)9-10-23-21(27)16-3-1-11-28-16/h1-8,11-12,20H,9-10,13H2,(H,23,27)(H,24,25). The first kappa shape index (κ1) is 21.3. The Morgan fingerprint density at radius 3 is 2.57 bits per heavy atom. The number of carbonyl (C=O) groups excluding carboxylic acids is 3. The zero-order chi connectivity index (χ0) is 21.3. The second-order valence-electron chi connectivity index (χ2n) is 6.21. The summed E-state index contributed by atoms with van der Waals surface area (Å²) in [7, 11) is 0. The van der Waals surface area contributed by atoms with Crippen LogP contribution in [0.4, 0.5) is 4.39 Å². The van der Waals surface area contributed by atoms with E-state index in [-0.39, 0.29) is 24.5 Å². The summed E-state index contributed by atoms with van der Waals surface area (Å²) in [6.07, 6.45) is 1.28. The average Bonchev–Trinajstić information content (AvgIpc) is 3.45. The molecule has 3 aromatic rings. The van der Waals surface area contributed by atoms with Crippen LogP contribution in [0.3, 0.4) is 0 Å². The van der Waals surface area contributed by atoms with Crippen molar-refractivity contribution >= 4 is 29.1 Å². The van der Waals surface area contributed by atoms with Crippen molar-refractivity contribution in [2.24, 2.45) is 0 Å². The van der Waals surface area contributed by atoms with Crippen LogP contribution in [-0.2, 0) is 14.3 Å². The van der Waals surface area contributed by atoms with E-state index in [1.165, 1.54) is 35.8 Å². The Morgan fingerprint density at radius 2 is 1.90 bits per heavy atom. The number of halogens is 1.